The van der Waals surface area contributed by atoms with Crippen LogP contribution in [0.1, 0.15) is 70.8 Å². The van der Waals surface area contributed by atoms with Crippen molar-refractivity contribution in [2.45, 2.75) is 84.2 Å². The summed E-state index contributed by atoms with van der Waals surface area (Å²) in [4.78, 5) is 29.5. The molecule has 0 bridgehead atoms. The molecule has 0 radical (unpaired) electrons. The Bertz CT molecular complexity index is 746. The average Bonchev–Trinajstić information content (AvgIpc) is 2.80. The maximum absolute atomic E-state index is 12.8. The highest BCUT2D eigenvalue weighted by Gasteiger charge is 2.25. The lowest BCUT2D eigenvalue weighted by Gasteiger charge is -2.38. The van der Waals surface area contributed by atoms with E-state index in [1.54, 1.807) is 4.90 Å². The van der Waals surface area contributed by atoms with Crippen molar-refractivity contribution < 1.29 is 14.3 Å². The molecule has 1 N–H and O–H groups in total. The van der Waals surface area contributed by atoms with Gasteiger partial charge < -0.3 is 15.0 Å². The minimum atomic E-state index is -0.0428. The van der Waals surface area contributed by atoms with E-state index in [-0.39, 0.29) is 24.7 Å². The summed E-state index contributed by atoms with van der Waals surface area (Å²) < 4.78 is 5.66. The number of amides is 2. The van der Waals surface area contributed by atoms with E-state index in [1.807, 2.05) is 25.1 Å². The highest BCUT2D eigenvalue weighted by molar-refractivity contribution is 5.97. The van der Waals surface area contributed by atoms with Crippen LogP contribution < -0.4 is 15.0 Å². The van der Waals surface area contributed by atoms with Gasteiger partial charge in [-0.25, -0.2) is 0 Å². The summed E-state index contributed by atoms with van der Waals surface area (Å²) in [5, 5.41) is 3.04. The zero-order valence-electron chi connectivity index (χ0n) is 19.5. The molecule has 0 spiro atoms. The summed E-state index contributed by atoms with van der Waals surface area (Å²) in [6.07, 6.45) is 8.09. The van der Waals surface area contributed by atoms with E-state index in [1.165, 1.54) is 32.1 Å². The van der Waals surface area contributed by atoms with Crippen LogP contribution in [0.4, 0.5) is 5.69 Å². The Morgan fingerprint density at radius 1 is 1.23 bits per heavy atom. The number of carbonyl (C=O) groups is 2. The quantitative estimate of drug-likeness (QED) is 0.643. The summed E-state index contributed by atoms with van der Waals surface area (Å²) >= 11 is 0. The molecule has 0 aromatic heterocycles. The molecule has 1 fully saturated rings. The van der Waals surface area contributed by atoms with Crippen LogP contribution in [0.3, 0.4) is 0 Å². The Morgan fingerprint density at radius 2 is 2.00 bits per heavy atom. The van der Waals surface area contributed by atoms with Crippen molar-refractivity contribution in [2.24, 2.45) is 0 Å². The van der Waals surface area contributed by atoms with Gasteiger partial charge in [-0.3, -0.25) is 14.5 Å². The standard InChI is InChI=1S/C25H39N3O3/c1-4-20(3)27(21-8-6-5-7-9-21)15-14-26-24(29)12-13-25(30)28-16-17-31-23-11-10-19(2)18-22(23)28/h10-11,18,20-21H,4-9,12-17H2,1-3H3,(H,26,29). The first kappa shape index (κ1) is 23.6. The number of anilines is 1. The first-order chi connectivity index (χ1) is 15.0. The molecular weight excluding hydrogens is 390 g/mol. The predicted molar refractivity (Wildman–Crippen MR) is 125 cm³/mol. The summed E-state index contributed by atoms with van der Waals surface area (Å²) in [5.74, 6) is 0.676. The fourth-order valence-corrected chi connectivity index (χ4v) is 4.77. The minimum absolute atomic E-state index is 0.0197. The number of hydrogen-bond acceptors (Lipinski definition) is 4. The molecule has 2 aliphatic rings. The van der Waals surface area contributed by atoms with Crippen LogP contribution >= 0.6 is 0 Å². The number of nitrogens with zero attached hydrogens (tertiary/aromatic N) is 2. The van der Waals surface area contributed by atoms with E-state index in [9.17, 15) is 9.59 Å². The normalized spacial score (nSPS) is 17.7. The van der Waals surface area contributed by atoms with Gasteiger partial charge in [-0.15, -0.1) is 0 Å². The Hall–Kier alpha value is -2.08. The lowest BCUT2D eigenvalue weighted by Crippen LogP contribution is -2.46. The first-order valence-electron chi connectivity index (χ1n) is 12.1. The number of ether oxygens (including phenoxy) is 1. The zero-order chi connectivity index (χ0) is 22.2. The van der Waals surface area contributed by atoms with Crippen molar-refractivity contribution in [1.29, 1.82) is 0 Å². The topological polar surface area (TPSA) is 61.9 Å². The van der Waals surface area contributed by atoms with E-state index in [0.717, 1.165) is 30.0 Å². The second kappa shape index (κ2) is 11.5. The lowest BCUT2D eigenvalue weighted by atomic mass is 9.93. The van der Waals surface area contributed by atoms with Crippen LogP contribution in [-0.2, 0) is 9.59 Å². The Labute approximate surface area is 187 Å². The predicted octanol–water partition coefficient (Wildman–Crippen LogP) is 4.05. The maximum Gasteiger partial charge on any atom is 0.227 e. The lowest BCUT2D eigenvalue weighted by molar-refractivity contribution is -0.125. The summed E-state index contributed by atoms with van der Waals surface area (Å²) in [7, 11) is 0. The van der Waals surface area contributed by atoms with Crippen molar-refractivity contribution in [3.63, 3.8) is 0 Å². The maximum atomic E-state index is 12.8. The molecule has 1 atom stereocenters. The Kier molecular flexibility index (Phi) is 8.76. The van der Waals surface area contributed by atoms with Crippen LogP contribution in [0.2, 0.25) is 0 Å². The first-order valence-corrected chi connectivity index (χ1v) is 12.1. The molecule has 1 aliphatic carbocycles. The number of aryl methyl sites for hydroxylation is 1. The van der Waals surface area contributed by atoms with Crippen LogP contribution in [0.25, 0.3) is 0 Å². The van der Waals surface area contributed by atoms with Crippen LogP contribution in [0, 0.1) is 6.92 Å². The van der Waals surface area contributed by atoms with Gasteiger partial charge in [0.05, 0.1) is 12.2 Å². The molecular formula is C25H39N3O3. The summed E-state index contributed by atoms with van der Waals surface area (Å²) in [6, 6.07) is 7.04. The highest BCUT2D eigenvalue weighted by Crippen LogP contribution is 2.32. The summed E-state index contributed by atoms with van der Waals surface area (Å²) in [5.41, 5.74) is 1.90. The molecule has 31 heavy (non-hydrogen) atoms. The molecule has 1 saturated carbocycles. The molecule has 2 amide bonds. The van der Waals surface area contributed by atoms with Crippen molar-refractivity contribution in [1.82, 2.24) is 10.2 Å². The third-order valence-electron chi connectivity index (χ3n) is 6.74. The second-order valence-corrected chi connectivity index (χ2v) is 9.00. The van der Waals surface area contributed by atoms with Gasteiger partial charge in [0, 0.05) is 38.0 Å². The van der Waals surface area contributed by atoms with E-state index < -0.39 is 0 Å². The highest BCUT2D eigenvalue weighted by atomic mass is 16.5. The number of carbonyl (C=O) groups excluding carboxylic acids is 2. The number of rotatable bonds is 9. The van der Waals surface area contributed by atoms with Gasteiger partial charge in [0.15, 0.2) is 0 Å². The molecule has 1 aromatic rings. The van der Waals surface area contributed by atoms with E-state index in [2.05, 4.69) is 24.1 Å². The van der Waals surface area contributed by atoms with Crippen molar-refractivity contribution >= 4 is 17.5 Å². The van der Waals surface area contributed by atoms with Gasteiger partial charge in [-0.2, -0.15) is 0 Å². The van der Waals surface area contributed by atoms with Gasteiger partial charge in [0.2, 0.25) is 11.8 Å². The molecule has 1 aromatic carbocycles. The van der Waals surface area contributed by atoms with E-state index in [4.69, 9.17) is 4.74 Å². The van der Waals surface area contributed by atoms with Gasteiger partial charge in [-0.1, -0.05) is 32.3 Å². The molecule has 1 unspecified atom stereocenters. The van der Waals surface area contributed by atoms with Gasteiger partial charge in [0.1, 0.15) is 12.4 Å². The molecule has 6 nitrogen and oxygen atoms in total. The minimum Gasteiger partial charge on any atom is -0.490 e. The Morgan fingerprint density at radius 3 is 2.74 bits per heavy atom. The van der Waals surface area contributed by atoms with Gasteiger partial charge >= 0.3 is 0 Å². The van der Waals surface area contributed by atoms with E-state index >= 15 is 0 Å². The fraction of sp³-hybridized carbons (Fsp3) is 0.680. The molecule has 1 heterocycles. The molecule has 1 aliphatic heterocycles. The zero-order valence-corrected chi connectivity index (χ0v) is 19.5. The smallest absolute Gasteiger partial charge is 0.227 e. The molecule has 0 saturated heterocycles. The van der Waals surface area contributed by atoms with Gasteiger partial charge in [-0.05, 0) is 50.8 Å². The van der Waals surface area contributed by atoms with Crippen molar-refractivity contribution in [3.05, 3.63) is 23.8 Å². The third kappa shape index (κ3) is 6.45. The number of nitrogens with one attached hydrogen (secondary N) is 1. The average molecular weight is 430 g/mol. The van der Waals surface area contributed by atoms with Crippen LogP contribution in [-0.4, -0.2) is 55.0 Å². The number of hydrogen-bond donors (Lipinski definition) is 1. The van der Waals surface area contributed by atoms with Crippen LogP contribution in [0.5, 0.6) is 5.75 Å². The largest absolute Gasteiger partial charge is 0.490 e. The Balaban J connectivity index is 1.45. The third-order valence-corrected chi connectivity index (χ3v) is 6.74. The van der Waals surface area contributed by atoms with Crippen LogP contribution in [0.15, 0.2) is 18.2 Å². The van der Waals surface area contributed by atoms with E-state index in [0.29, 0.717) is 31.8 Å². The molecule has 6 heteroatoms. The van der Waals surface area contributed by atoms with Crippen molar-refractivity contribution in [3.8, 4) is 5.75 Å². The fourth-order valence-electron chi connectivity index (χ4n) is 4.77. The number of fused-ring (bicyclic) bond motifs is 1. The summed E-state index contributed by atoms with van der Waals surface area (Å²) in [6.45, 7) is 9.07. The molecule has 3 rings (SSSR count). The second-order valence-electron chi connectivity index (χ2n) is 9.00. The van der Waals surface area contributed by atoms with Crippen molar-refractivity contribution in [2.75, 3.05) is 31.1 Å². The van der Waals surface area contributed by atoms with Gasteiger partial charge in [0.25, 0.3) is 0 Å². The molecule has 172 valence electrons. The SMILES string of the molecule is CCC(C)N(CCNC(=O)CCC(=O)N1CCOc2ccc(C)cc21)C1CCCCC1. The number of benzene rings is 1. The monoisotopic (exact) mass is 429 g/mol.